The minimum absolute atomic E-state index is 0.772. The van der Waals surface area contributed by atoms with Crippen LogP contribution in [-0.4, -0.2) is 0 Å². The van der Waals surface area contributed by atoms with E-state index in [0.29, 0.717) is 0 Å². The summed E-state index contributed by atoms with van der Waals surface area (Å²) in [4.78, 5) is 0. The van der Waals surface area contributed by atoms with Gasteiger partial charge < -0.3 is 0 Å². The van der Waals surface area contributed by atoms with Gasteiger partial charge in [-0.2, -0.15) is 0 Å². The molecular formula is C17H30. The Kier molecular flexibility index (Phi) is 4.33. The van der Waals surface area contributed by atoms with Crippen LogP contribution in [0.15, 0.2) is 11.6 Å². The Labute approximate surface area is 108 Å². The molecule has 2 rings (SSSR count). The van der Waals surface area contributed by atoms with E-state index in [4.69, 9.17) is 0 Å². The molecule has 2 aliphatic rings. The third-order valence-corrected chi connectivity index (χ3v) is 4.65. The van der Waals surface area contributed by atoms with Crippen LogP contribution in [0.25, 0.3) is 0 Å². The van der Waals surface area contributed by atoms with Crippen molar-refractivity contribution in [1.29, 1.82) is 0 Å². The molecule has 0 aromatic carbocycles. The monoisotopic (exact) mass is 234 g/mol. The minimum Gasteiger partial charge on any atom is -0.0817 e. The molecule has 0 heteroatoms. The molecule has 0 heterocycles. The van der Waals surface area contributed by atoms with E-state index in [-0.39, 0.29) is 0 Å². The molecule has 0 amide bonds. The standard InChI is InChI=1S/C17H30/c1-12(2)9-14-5-6-16(13(3)4)11-17(10-14)15-7-8-15/h11-15,17H,5-10H2,1-4H3. The third-order valence-electron chi connectivity index (χ3n) is 4.65. The highest BCUT2D eigenvalue weighted by molar-refractivity contribution is 5.12. The van der Waals surface area contributed by atoms with Gasteiger partial charge in [0.05, 0.1) is 0 Å². The molecule has 2 aliphatic carbocycles. The number of hydrogen-bond acceptors (Lipinski definition) is 0. The van der Waals surface area contributed by atoms with E-state index in [2.05, 4.69) is 33.8 Å². The molecule has 1 fully saturated rings. The predicted octanol–water partition coefficient (Wildman–Crippen LogP) is 5.44. The highest BCUT2D eigenvalue weighted by atomic mass is 14.4. The van der Waals surface area contributed by atoms with Crippen molar-refractivity contribution in [2.24, 2.45) is 29.6 Å². The van der Waals surface area contributed by atoms with Gasteiger partial charge in [-0.3, -0.25) is 0 Å². The summed E-state index contributed by atoms with van der Waals surface area (Å²) in [5.74, 6) is 4.62. The van der Waals surface area contributed by atoms with Crippen LogP contribution in [0.2, 0.25) is 0 Å². The fourth-order valence-electron chi connectivity index (χ4n) is 3.51. The average Bonchev–Trinajstić information content (AvgIpc) is 3.01. The molecule has 17 heavy (non-hydrogen) atoms. The normalized spacial score (nSPS) is 30.6. The molecule has 98 valence electrons. The van der Waals surface area contributed by atoms with Crippen LogP contribution in [0.5, 0.6) is 0 Å². The molecular weight excluding hydrogens is 204 g/mol. The van der Waals surface area contributed by atoms with E-state index in [1.807, 2.05) is 0 Å². The first-order chi connectivity index (χ1) is 8.06. The van der Waals surface area contributed by atoms with E-state index < -0.39 is 0 Å². The Morgan fingerprint density at radius 3 is 2.35 bits per heavy atom. The van der Waals surface area contributed by atoms with Gasteiger partial charge in [-0.05, 0) is 68.1 Å². The van der Waals surface area contributed by atoms with Crippen LogP contribution in [0, 0.1) is 29.6 Å². The lowest BCUT2D eigenvalue weighted by molar-refractivity contribution is 0.324. The van der Waals surface area contributed by atoms with Gasteiger partial charge >= 0.3 is 0 Å². The zero-order valence-electron chi connectivity index (χ0n) is 12.2. The molecule has 0 bridgehead atoms. The van der Waals surface area contributed by atoms with E-state index in [1.165, 1.54) is 38.5 Å². The molecule has 0 aromatic rings. The highest BCUT2D eigenvalue weighted by Crippen LogP contribution is 2.45. The largest absolute Gasteiger partial charge is 0.0817 e. The van der Waals surface area contributed by atoms with Crippen LogP contribution in [0.3, 0.4) is 0 Å². The van der Waals surface area contributed by atoms with Gasteiger partial charge in [0.25, 0.3) is 0 Å². The van der Waals surface area contributed by atoms with Crippen LogP contribution in [-0.2, 0) is 0 Å². The molecule has 0 N–H and O–H groups in total. The molecule has 0 aliphatic heterocycles. The van der Waals surface area contributed by atoms with E-state index in [1.54, 1.807) is 5.57 Å². The quantitative estimate of drug-likeness (QED) is 0.568. The van der Waals surface area contributed by atoms with Crippen molar-refractivity contribution in [2.45, 2.75) is 66.2 Å². The summed E-state index contributed by atoms with van der Waals surface area (Å²) in [5, 5.41) is 0. The molecule has 0 spiro atoms. The van der Waals surface area contributed by atoms with Crippen molar-refractivity contribution < 1.29 is 0 Å². The summed E-state index contributed by atoms with van der Waals surface area (Å²) in [6.07, 6.45) is 11.4. The summed E-state index contributed by atoms with van der Waals surface area (Å²) in [6, 6.07) is 0. The zero-order valence-corrected chi connectivity index (χ0v) is 12.2. The van der Waals surface area contributed by atoms with Crippen molar-refractivity contribution in [1.82, 2.24) is 0 Å². The molecule has 1 saturated carbocycles. The van der Waals surface area contributed by atoms with E-state index in [9.17, 15) is 0 Å². The van der Waals surface area contributed by atoms with Crippen molar-refractivity contribution in [3.63, 3.8) is 0 Å². The average molecular weight is 234 g/mol. The smallest absolute Gasteiger partial charge is 0.0200 e. The first-order valence-corrected chi connectivity index (χ1v) is 7.76. The molecule has 2 atom stereocenters. The molecule has 0 aromatic heterocycles. The zero-order chi connectivity index (χ0) is 12.4. The Bertz CT molecular complexity index is 268. The van der Waals surface area contributed by atoms with Crippen molar-refractivity contribution in [2.75, 3.05) is 0 Å². The third kappa shape index (κ3) is 3.86. The fourth-order valence-corrected chi connectivity index (χ4v) is 3.51. The molecule has 0 nitrogen and oxygen atoms in total. The second kappa shape index (κ2) is 5.59. The first kappa shape index (κ1) is 13.2. The Morgan fingerprint density at radius 2 is 1.82 bits per heavy atom. The van der Waals surface area contributed by atoms with Crippen LogP contribution in [0.4, 0.5) is 0 Å². The summed E-state index contributed by atoms with van der Waals surface area (Å²) < 4.78 is 0. The van der Waals surface area contributed by atoms with E-state index >= 15 is 0 Å². The maximum absolute atomic E-state index is 2.68. The number of hydrogen-bond donors (Lipinski definition) is 0. The number of allylic oxidation sites excluding steroid dienone is 2. The van der Waals surface area contributed by atoms with Crippen molar-refractivity contribution in [3.8, 4) is 0 Å². The molecule has 0 saturated heterocycles. The van der Waals surface area contributed by atoms with Gasteiger partial charge in [-0.15, -0.1) is 0 Å². The topological polar surface area (TPSA) is 0 Å². The van der Waals surface area contributed by atoms with Gasteiger partial charge in [0, 0.05) is 0 Å². The van der Waals surface area contributed by atoms with Gasteiger partial charge in [0.1, 0.15) is 0 Å². The molecule has 2 unspecified atom stereocenters. The van der Waals surface area contributed by atoms with Crippen molar-refractivity contribution in [3.05, 3.63) is 11.6 Å². The van der Waals surface area contributed by atoms with Gasteiger partial charge in [0.15, 0.2) is 0 Å². The lowest BCUT2D eigenvalue weighted by Gasteiger charge is -2.20. The van der Waals surface area contributed by atoms with Crippen LogP contribution < -0.4 is 0 Å². The summed E-state index contributed by atoms with van der Waals surface area (Å²) >= 11 is 0. The summed E-state index contributed by atoms with van der Waals surface area (Å²) in [6.45, 7) is 9.51. The fraction of sp³-hybridized carbons (Fsp3) is 0.882. The maximum atomic E-state index is 2.68. The SMILES string of the molecule is CC(C)CC1CCC(C(C)C)=CC(C2CC2)C1. The Morgan fingerprint density at radius 1 is 1.12 bits per heavy atom. The highest BCUT2D eigenvalue weighted by Gasteiger charge is 2.33. The van der Waals surface area contributed by atoms with Gasteiger partial charge in [0.2, 0.25) is 0 Å². The van der Waals surface area contributed by atoms with Gasteiger partial charge in [-0.1, -0.05) is 39.3 Å². The maximum Gasteiger partial charge on any atom is -0.0200 e. The second-order valence-corrected chi connectivity index (χ2v) is 7.17. The van der Waals surface area contributed by atoms with Crippen LogP contribution in [0.1, 0.15) is 66.2 Å². The predicted molar refractivity (Wildman–Crippen MR) is 75.9 cm³/mol. The van der Waals surface area contributed by atoms with Crippen LogP contribution >= 0.6 is 0 Å². The summed E-state index contributed by atoms with van der Waals surface area (Å²) in [5.41, 5.74) is 1.76. The lowest BCUT2D eigenvalue weighted by Crippen LogP contribution is -2.09. The minimum atomic E-state index is 0.772. The second-order valence-electron chi connectivity index (χ2n) is 7.17. The van der Waals surface area contributed by atoms with E-state index in [0.717, 1.165) is 29.6 Å². The number of rotatable bonds is 4. The lowest BCUT2D eigenvalue weighted by atomic mass is 9.85. The molecule has 0 radical (unpaired) electrons. The van der Waals surface area contributed by atoms with Crippen molar-refractivity contribution >= 4 is 0 Å². The Hall–Kier alpha value is -0.260. The first-order valence-electron chi connectivity index (χ1n) is 7.76. The summed E-state index contributed by atoms with van der Waals surface area (Å²) in [7, 11) is 0. The Balaban J connectivity index is 2.01. The van der Waals surface area contributed by atoms with Gasteiger partial charge in [-0.25, -0.2) is 0 Å².